The van der Waals surface area contributed by atoms with E-state index in [2.05, 4.69) is 5.32 Å². The number of carbonyl (C=O) groups excluding carboxylic acids is 1. The maximum atomic E-state index is 11.9. The summed E-state index contributed by atoms with van der Waals surface area (Å²) in [4.78, 5) is 22.2. The van der Waals surface area contributed by atoms with Gasteiger partial charge in [0.05, 0.1) is 0 Å². The molecule has 1 amide bonds. The van der Waals surface area contributed by atoms with Crippen molar-refractivity contribution < 1.29 is 19.4 Å². The smallest absolute Gasteiger partial charge is 0.303 e. The third-order valence-corrected chi connectivity index (χ3v) is 3.50. The van der Waals surface area contributed by atoms with Crippen LogP contribution in [0, 0.1) is 11.8 Å². The molecule has 1 unspecified atom stereocenters. The van der Waals surface area contributed by atoms with Gasteiger partial charge in [0.25, 0.3) is 0 Å². The number of carboxylic acids is 1. The Morgan fingerprint density at radius 1 is 1.33 bits per heavy atom. The number of hydrogen-bond acceptors (Lipinski definition) is 3. The van der Waals surface area contributed by atoms with Crippen LogP contribution in [-0.4, -0.2) is 36.7 Å². The molecule has 0 radical (unpaired) electrons. The first-order valence-electron chi connectivity index (χ1n) is 6.68. The summed E-state index contributed by atoms with van der Waals surface area (Å²) < 4.78 is 5.28. The molecule has 1 rings (SSSR count). The van der Waals surface area contributed by atoms with E-state index in [4.69, 9.17) is 9.84 Å². The predicted octanol–water partition coefficient (Wildman–Crippen LogP) is 1.42. The van der Waals surface area contributed by atoms with Crippen molar-refractivity contribution in [3.8, 4) is 0 Å². The molecule has 0 aromatic carbocycles. The molecule has 0 aliphatic carbocycles. The summed E-state index contributed by atoms with van der Waals surface area (Å²) >= 11 is 0. The van der Waals surface area contributed by atoms with Crippen LogP contribution in [0.15, 0.2) is 0 Å². The van der Waals surface area contributed by atoms with Crippen LogP contribution in [0.25, 0.3) is 0 Å². The van der Waals surface area contributed by atoms with Crippen molar-refractivity contribution in [1.82, 2.24) is 5.32 Å². The van der Waals surface area contributed by atoms with E-state index in [1.54, 1.807) is 0 Å². The van der Waals surface area contributed by atoms with E-state index in [9.17, 15) is 9.59 Å². The van der Waals surface area contributed by atoms with Crippen molar-refractivity contribution in [2.24, 2.45) is 11.8 Å². The highest BCUT2D eigenvalue weighted by atomic mass is 16.5. The van der Waals surface area contributed by atoms with E-state index in [1.807, 2.05) is 6.92 Å². The summed E-state index contributed by atoms with van der Waals surface area (Å²) in [5, 5.41) is 11.4. The highest BCUT2D eigenvalue weighted by Gasteiger charge is 2.25. The molecule has 1 heterocycles. The van der Waals surface area contributed by atoms with E-state index >= 15 is 0 Å². The number of nitrogens with one attached hydrogen (secondary N) is 1. The van der Waals surface area contributed by atoms with Gasteiger partial charge >= 0.3 is 5.97 Å². The SMILES string of the molecule is CC(C(=O)NCCCCC(=O)O)C1CCOCC1. The third kappa shape index (κ3) is 5.49. The molecule has 0 bridgehead atoms. The Balaban J connectivity index is 2.13. The zero-order chi connectivity index (χ0) is 13.4. The molecule has 1 atom stereocenters. The molecule has 2 N–H and O–H groups in total. The number of aliphatic carboxylic acids is 1. The molecule has 0 saturated carbocycles. The summed E-state index contributed by atoms with van der Waals surface area (Å²) in [7, 11) is 0. The van der Waals surface area contributed by atoms with Crippen molar-refractivity contribution in [3.63, 3.8) is 0 Å². The topological polar surface area (TPSA) is 75.6 Å². The van der Waals surface area contributed by atoms with Crippen LogP contribution < -0.4 is 5.32 Å². The number of hydrogen-bond donors (Lipinski definition) is 2. The lowest BCUT2D eigenvalue weighted by atomic mass is 9.87. The third-order valence-electron chi connectivity index (χ3n) is 3.50. The fourth-order valence-corrected chi connectivity index (χ4v) is 2.20. The van der Waals surface area contributed by atoms with Crippen LogP contribution >= 0.6 is 0 Å². The molecule has 104 valence electrons. The van der Waals surface area contributed by atoms with Gasteiger partial charge in [0, 0.05) is 32.1 Å². The monoisotopic (exact) mass is 257 g/mol. The Hall–Kier alpha value is -1.10. The van der Waals surface area contributed by atoms with Gasteiger partial charge in [-0.15, -0.1) is 0 Å². The average Bonchev–Trinajstić information content (AvgIpc) is 2.38. The second-order valence-electron chi connectivity index (χ2n) is 4.88. The summed E-state index contributed by atoms with van der Waals surface area (Å²) in [6.07, 6.45) is 3.41. The lowest BCUT2D eigenvalue weighted by molar-refractivity contribution is -0.137. The van der Waals surface area contributed by atoms with Gasteiger partial charge in [0.15, 0.2) is 0 Å². The lowest BCUT2D eigenvalue weighted by Crippen LogP contribution is -2.36. The van der Waals surface area contributed by atoms with Crippen LogP contribution in [-0.2, 0) is 14.3 Å². The van der Waals surface area contributed by atoms with Gasteiger partial charge in [-0.05, 0) is 31.6 Å². The molecule has 5 nitrogen and oxygen atoms in total. The van der Waals surface area contributed by atoms with Crippen molar-refractivity contribution in [1.29, 1.82) is 0 Å². The molecule has 1 saturated heterocycles. The lowest BCUT2D eigenvalue weighted by Gasteiger charge is -2.26. The summed E-state index contributed by atoms with van der Waals surface area (Å²) in [5.41, 5.74) is 0. The highest BCUT2D eigenvalue weighted by Crippen LogP contribution is 2.23. The van der Waals surface area contributed by atoms with Gasteiger partial charge in [0.2, 0.25) is 5.91 Å². The number of ether oxygens (including phenoxy) is 1. The van der Waals surface area contributed by atoms with Crippen LogP contribution in [0.5, 0.6) is 0 Å². The summed E-state index contributed by atoms with van der Waals surface area (Å²) in [5.74, 6) is -0.264. The van der Waals surface area contributed by atoms with E-state index in [0.29, 0.717) is 18.9 Å². The Bertz CT molecular complexity index is 274. The largest absolute Gasteiger partial charge is 0.481 e. The van der Waals surface area contributed by atoms with Gasteiger partial charge < -0.3 is 15.2 Å². The van der Waals surface area contributed by atoms with Crippen LogP contribution in [0.4, 0.5) is 0 Å². The Kier molecular flexibility index (Phi) is 6.72. The van der Waals surface area contributed by atoms with E-state index in [1.165, 1.54) is 0 Å². The number of amides is 1. The summed E-state index contributed by atoms with van der Waals surface area (Å²) in [6, 6.07) is 0. The van der Waals surface area contributed by atoms with E-state index in [0.717, 1.165) is 32.5 Å². The first-order valence-corrected chi connectivity index (χ1v) is 6.68. The van der Waals surface area contributed by atoms with Crippen LogP contribution in [0.3, 0.4) is 0 Å². The fourth-order valence-electron chi connectivity index (χ4n) is 2.20. The normalized spacial score (nSPS) is 18.3. The minimum Gasteiger partial charge on any atom is -0.481 e. The fraction of sp³-hybridized carbons (Fsp3) is 0.846. The second-order valence-corrected chi connectivity index (χ2v) is 4.88. The average molecular weight is 257 g/mol. The van der Waals surface area contributed by atoms with Crippen LogP contribution in [0.2, 0.25) is 0 Å². The first-order chi connectivity index (χ1) is 8.61. The van der Waals surface area contributed by atoms with Gasteiger partial charge in [0.1, 0.15) is 0 Å². The number of rotatable bonds is 7. The molecule has 1 fully saturated rings. The second kappa shape index (κ2) is 8.08. The molecule has 5 heteroatoms. The van der Waals surface area contributed by atoms with E-state index < -0.39 is 5.97 Å². The molecular weight excluding hydrogens is 234 g/mol. The summed E-state index contributed by atoms with van der Waals surface area (Å²) in [6.45, 7) is 4.03. The zero-order valence-electron chi connectivity index (χ0n) is 11.0. The molecule has 18 heavy (non-hydrogen) atoms. The zero-order valence-corrected chi connectivity index (χ0v) is 11.0. The standard InChI is InChI=1S/C13H23NO4/c1-10(11-5-8-18-9-6-11)13(17)14-7-3-2-4-12(15)16/h10-11H,2-9H2,1H3,(H,14,17)(H,15,16). The predicted molar refractivity (Wildman–Crippen MR) is 67.2 cm³/mol. The van der Waals surface area contributed by atoms with Crippen molar-refractivity contribution in [2.75, 3.05) is 19.8 Å². The maximum Gasteiger partial charge on any atom is 0.303 e. The first kappa shape index (κ1) is 15.0. The maximum absolute atomic E-state index is 11.9. The Morgan fingerprint density at radius 3 is 2.61 bits per heavy atom. The Morgan fingerprint density at radius 2 is 2.00 bits per heavy atom. The Labute approximate surface area is 108 Å². The molecule has 0 spiro atoms. The molecule has 0 aromatic rings. The van der Waals surface area contributed by atoms with Crippen LogP contribution in [0.1, 0.15) is 39.0 Å². The molecule has 1 aliphatic heterocycles. The van der Waals surface area contributed by atoms with Gasteiger partial charge in [-0.1, -0.05) is 6.92 Å². The van der Waals surface area contributed by atoms with Gasteiger partial charge in [-0.25, -0.2) is 0 Å². The number of carboxylic acid groups (broad SMARTS) is 1. The molecule has 1 aliphatic rings. The van der Waals surface area contributed by atoms with Crippen molar-refractivity contribution >= 4 is 11.9 Å². The molecule has 0 aromatic heterocycles. The van der Waals surface area contributed by atoms with Gasteiger partial charge in [-0.2, -0.15) is 0 Å². The van der Waals surface area contributed by atoms with Gasteiger partial charge in [-0.3, -0.25) is 9.59 Å². The quantitative estimate of drug-likeness (QED) is 0.676. The number of carbonyl (C=O) groups is 2. The minimum absolute atomic E-state index is 0.0216. The highest BCUT2D eigenvalue weighted by molar-refractivity contribution is 5.78. The number of unbranched alkanes of at least 4 members (excludes halogenated alkanes) is 1. The molecular formula is C13H23NO4. The van der Waals surface area contributed by atoms with Crippen molar-refractivity contribution in [3.05, 3.63) is 0 Å². The van der Waals surface area contributed by atoms with E-state index in [-0.39, 0.29) is 18.2 Å². The minimum atomic E-state index is -0.781. The van der Waals surface area contributed by atoms with Crippen molar-refractivity contribution in [2.45, 2.75) is 39.0 Å².